The molecule has 0 aliphatic rings. The SMILES string of the molecule is Cc1ncc(S(=O)(=O)NC(CBr)c2ccccc2)s1. The zero-order valence-corrected chi connectivity index (χ0v) is 13.4. The predicted molar refractivity (Wildman–Crippen MR) is 80.1 cm³/mol. The first kappa shape index (κ1) is 14.6. The van der Waals surface area contributed by atoms with E-state index in [-0.39, 0.29) is 10.3 Å². The van der Waals surface area contributed by atoms with Gasteiger partial charge >= 0.3 is 0 Å². The zero-order chi connectivity index (χ0) is 13.9. The molecule has 1 heterocycles. The van der Waals surface area contributed by atoms with Gasteiger partial charge in [0.2, 0.25) is 0 Å². The molecule has 1 aromatic heterocycles. The maximum Gasteiger partial charge on any atom is 0.252 e. The quantitative estimate of drug-likeness (QED) is 0.834. The second-order valence-corrected chi connectivity index (χ2v) is 7.76. The van der Waals surface area contributed by atoms with Crippen molar-refractivity contribution in [1.82, 2.24) is 9.71 Å². The molecule has 0 spiro atoms. The lowest BCUT2D eigenvalue weighted by Gasteiger charge is -2.15. The van der Waals surface area contributed by atoms with Crippen LogP contribution in [0.4, 0.5) is 0 Å². The molecule has 0 fully saturated rings. The number of nitrogens with zero attached hydrogens (tertiary/aromatic N) is 1. The molecule has 1 N–H and O–H groups in total. The summed E-state index contributed by atoms with van der Waals surface area (Å²) < 4.78 is 27.4. The number of hydrogen-bond acceptors (Lipinski definition) is 4. The summed E-state index contributed by atoms with van der Waals surface area (Å²) in [7, 11) is -3.52. The summed E-state index contributed by atoms with van der Waals surface area (Å²) in [4.78, 5) is 3.98. The molecule has 0 aliphatic heterocycles. The smallest absolute Gasteiger partial charge is 0.249 e. The number of thiazole rings is 1. The van der Waals surface area contributed by atoms with E-state index in [1.165, 1.54) is 17.5 Å². The Kier molecular flexibility index (Phi) is 4.72. The Morgan fingerprint density at radius 2 is 2.05 bits per heavy atom. The number of aryl methyl sites for hydroxylation is 1. The van der Waals surface area contributed by atoms with Crippen molar-refractivity contribution in [3.63, 3.8) is 0 Å². The van der Waals surface area contributed by atoms with E-state index in [0.29, 0.717) is 5.33 Å². The van der Waals surface area contributed by atoms with Gasteiger partial charge in [-0.3, -0.25) is 0 Å². The highest BCUT2D eigenvalue weighted by Gasteiger charge is 2.22. The van der Waals surface area contributed by atoms with Gasteiger partial charge in [0.1, 0.15) is 0 Å². The van der Waals surface area contributed by atoms with E-state index in [0.717, 1.165) is 10.6 Å². The Morgan fingerprint density at radius 1 is 1.37 bits per heavy atom. The predicted octanol–water partition coefficient (Wildman–Crippen LogP) is 2.87. The number of sulfonamides is 1. The van der Waals surface area contributed by atoms with Gasteiger partial charge in [-0.05, 0) is 12.5 Å². The van der Waals surface area contributed by atoms with Crippen molar-refractivity contribution in [2.45, 2.75) is 17.2 Å². The third-order valence-electron chi connectivity index (χ3n) is 2.52. The van der Waals surface area contributed by atoms with Gasteiger partial charge in [0.15, 0.2) is 4.21 Å². The van der Waals surface area contributed by atoms with Crippen LogP contribution in [0.2, 0.25) is 0 Å². The van der Waals surface area contributed by atoms with E-state index < -0.39 is 10.0 Å². The van der Waals surface area contributed by atoms with Gasteiger partial charge in [0, 0.05) is 5.33 Å². The standard InChI is InChI=1S/C12H13BrN2O2S2/c1-9-14-8-12(18-9)19(16,17)15-11(7-13)10-5-3-2-4-6-10/h2-6,8,11,15H,7H2,1H3. The lowest BCUT2D eigenvalue weighted by Crippen LogP contribution is -2.29. The number of alkyl halides is 1. The molecule has 102 valence electrons. The van der Waals surface area contributed by atoms with Crippen LogP contribution in [0, 0.1) is 6.92 Å². The van der Waals surface area contributed by atoms with Gasteiger partial charge in [-0.25, -0.2) is 18.1 Å². The van der Waals surface area contributed by atoms with Crippen LogP contribution in [-0.4, -0.2) is 18.7 Å². The van der Waals surface area contributed by atoms with E-state index in [1.807, 2.05) is 30.3 Å². The Labute approximate surface area is 125 Å². The number of benzene rings is 1. The Hall–Kier alpha value is -0.760. The fourth-order valence-corrected chi connectivity index (χ4v) is 4.68. The second-order valence-electron chi connectivity index (χ2n) is 3.94. The van der Waals surface area contributed by atoms with E-state index in [1.54, 1.807) is 6.92 Å². The van der Waals surface area contributed by atoms with Crippen molar-refractivity contribution < 1.29 is 8.42 Å². The van der Waals surface area contributed by atoms with Crippen LogP contribution in [0.25, 0.3) is 0 Å². The van der Waals surface area contributed by atoms with E-state index >= 15 is 0 Å². The highest BCUT2D eigenvalue weighted by Crippen LogP contribution is 2.22. The van der Waals surface area contributed by atoms with Crippen LogP contribution in [0.15, 0.2) is 40.7 Å². The van der Waals surface area contributed by atoms with Gasteiger partial charge in [-0.2, -0.15) is 0 Å². The maximum atomic E-state index is 12.2. The van der Waals surface area contributed by atoms with Crippen LogP contribution in [0.5, 0.6) is 0 Å². The van der Waals surface area contributed by atoms with Gasteiger partial charge in [-0.1, -0.05) is 46.3 Å². The molecule has 4 nitrogen and oxygen atoms in total. The number of rotatable bonds is 5. The van der Waals surface area contributed by atoms with Gasteiger partial charge in [0.05, 0.1) is 17.2 Å². The fourth-order valence-electron chi connectivity index (χ4n) is 1.59. The minimum Gasteiger partial charge on any atom is -0.249 e. The van der Waals surface area contributed by atoms with Gasteiger partial charge < -0.3 is 0 Å². The summed E-state index contributed by atoms with van der Waals surface area (Å²) in [6, 6.07) is 9.16. The first-order chi connectivity index (χ1) is 9.03. The molecule has 19 heavy (non-hydrogen) atoms. The summed E-state index contributed by atoms with van der Waals surface area (Å²) in [5.74, 6) is 0. The van der Waals surface area contributed by atoms with Crippen LogP contribution < -0.4 is 4.72 Å². The van der Waals surface area contributed by atoms with Crippen molar-refractivity contribution in [1.29, 1.82) is 0 Å². The molecular weight excluding hydrogens is 348 g/mol. The Morgan fingerprint density at radius 3 is 2.58 bits per heavy atom. The van der Waals surface area contributed by atoms with Crippen molar-refractivity contribution in [3.05, 3.63) is 47.1 Å². The summed E-state index contributed by atoms with van der Waals surface area (Å²) in [6.07, 6.45) is 1.39. The van der Waals surface area contributed by atoms with Crippen LogP contribution in [0.3, 0.4) is 0 Å². The third kappa shape index (κ3) is 3.62. The number of halogens is 1. The molecule has 0 saturated carbocycles. The monoisotopic (exact) mass is 360 g/mol. The zero-order valence-electron chi connectivity index (χ0n) is 10.2. The Balaban J connectivity index is 2.23. The van der Waals surface area contributed by atoms with Crippen molar-refractivity contribution >= 4 is 37.3 Å². The largest absolute Gasteiger partial charge is 0.252 e. The first-order valence-electron chi connectivity index (χ1n) is 5.58. The number of hydrogen-bond donors (Lipinski definition) is 1. The highest BCUT2D eigenvalue weighted by atomic mass is 79.9. The molecule has 1 aromatic carbocycles. The fraction of sp³-hybridized carbons (Fsp3) is 0.250. The second kappa shape index (κ2) is 6.13. The molecule has 0 radical (unpaired) electrons. The summed E-state index contributed by atoms with van der Waals surface area (Å²) >= 11 is 4.51. The van der Waals surface area contributed by atoms with Crippen LogP contribution in [-0.2, 0) is 10.0 Å². The topological polar surface area (TPSA) is 59.1 Å². The van der Waals surface area contributed by atoms with Crippen molar-refractivity contribution in [2.75, 3.05) is 5.33 Å². The van der Waals surface area contributed by atoms with Gasteiger partial charge in [0.25, 0.3) is 10.0 Å². The summed E-state index contributed by atoms with van der Waals surface area (Å²) in [6.45, 7) is 1.78. The average molecular weight is 361 g/mol. The molecular formula is C12H13BrN2O2S2. The lowest BCUT2D eigenvalue weighted by molar-refractivity contribution is 0.571. The Bertz CT molecular complexity index is 641. The molecule has 2 rings (SSSR count). The normalized spacial score (nSPS) is 13.4. The average Bonchev–Trinajstić information content (AvgIpc) is 2.85. The minimum atomic E-state index is -3.52. The molecule has 7 heteroatoms. The molecule has 0 saturated heterocycles. The van der Waals surface area contributed by atoms with Crippen LogP contribution in [0.1, 0.15) is 16.6 Å². The first-order valence-corrected chi connectivity index (χ1v) is 9.00. The van der Waals surface area contributed by atoms with Crippen molar-refractivity contribution in [2.24, 2.45) is 0 Å². The molecule has 0 aliphatic carbocycles. The van der Waals surface area contributed by atoms with Crippen molar-refractivity contribution in [3.8, 4) is 0 Å². The highest BCUT2D eigenvalue weighted by molar-refractivity contribution is 9.09. The minimum absolute atomic E-state index is 0.242. The van der Waals surface area contributed by atoms with Crippen LogP contribution >= 0.6 is 27.3 Å². The molecule has 1 atom stereocenters. The lowest BCUT2D eigenvalue weighted by atomic mass is 10.1. The van der Waals surface area contributed by atoms with E-state index in [9.17, 15) is 8.42 Å². The molecule has 0 amide bonds. The number of aromatic nitrogens is 1. The number of nitrogens with one attached hydrogen (secondary N) is 1. The molecule has 1 unspecified atom stereocenters. The molecule has 0 bridgehead atoms. The van der Waals surface area contributed by atoms with E-state index in [2.05, 4.69) is 25.6 Å². The van der Waals surface area contributed by atoms with Gasteiger partial charge in [-0.15, -0.1) is 11.3 Å². The maximum absolute atomic E-state index is 12.2. The summed E-state index contributed by atoms with van der Waals surface area (Å²) in [5, 5.41) is 1.24. The third-order valence-corrected chi connectivity index (χ3v) is 6.01. The molecule has 2 aromatic rings. The summed E-state index contributed by atoms with van der Waals surface area (Å²) in [5.41, 5.74) is 0.921. The van der Waals surface area contributed by atoms with E-state index in [4.69, 9.17) is 0 Å².